The van der Waals surface area contributed by atoms with Gasteiger partial charge in [-0.1, -0.05) is 19.1 Å². The summed E-state index contributed by atoms with van der Waals surface area (Å²) in [6.07, 6.45) is 7.25. The van der Waals surface area contributed by atoms with Crippen LogP contribution in [0, 0.1) is 0 Å². The van der Waals surface area contributed by atoms with Crippen LogP contribution in [-0.2, 0) is 19.5 Å². The van der Waals surface area contributed by atoms with Crippen LogP contribution in [-0.4, -0.2) is 16.3 Å². The quantitative estimate of drug-likeness (QED) is 0.772. The SMILES string of the molecule is CCCn1ccc(CNc2cccc(CCCO)c2)c1. The van der Waals surface area contributed by atoms with Gasteiger partial charge in [-0.25, -0.2) is 0 Å². The zero-order valence-electron chi connectivity index (χ0n) is 12.2. The molecule has 1 aromatic heterocycles. The van der Waals surface area contributed by atoms with Gasteiger partial charge in [0.15, 0.2) is 0 Å². The van der Waals surface area contributed by atoms with Gasteiger partial charge in [-0.2, -0.15) is 0 Å². The molecule has 0 aliphatic carbocycles. The molecule has 0 spiro atoms. The van der Waals surface area contributed by atoms with E-state index in [1.165, 1.54) is 11.1 Å². The second kappa shape index (κ2) is 7.75. The molecule has 0 amide bonds. The van der Waals surface area contributed by atoms with Crippen molar-refractivity contribution in [2.45, 2.75) is 39.3 Å². The Morgan fingerprint density at radius 1 is 1.20 bits per heavy atom. The Balaban J connectivity index is 1.89. The Labute approximate surface area is 121 Å². The molecule has 0 atom stereocenters. The summed E-state index contributed by atoms with van der Waals surface area (Å²) in [5, 5.41) is 12.3. The van der Waals surface area contributed by atoms with E-state index in [0.717, 1.165) is 38.0 Å². The molecule has 3 nitrogen and oxygen atoms in total. The molecule has 1 heterocycles. The molecule has 2 aromatic rings. The van der Waals surface area contributed by atoms with Crippen LogP contribution < -0.4 is 5.32 Å². The molecule has 20 heavy (non-hydrogen) atoms. The lowest BCUT2D eigenvalue weighted by Crippen LogP contribution is -2.00. The van der Waals surface area contributed by atoms with Gasteiger partial charge < -0.3 is 15.0 Å². The highest BCUT2D eigenvalue weighted by Crippen LogP contribution is 2.14. The molecule has 2 rings (SSSR count). The van der Waals surface area contributed by atoms with Gasteiger partial charge in [0, 0.05) is 37.8 Å². The van der Waals surface area contributed by atoms with E-state index < -0.39 is 0 Å². The van der Waals surface area contributed by atoms with Gasteiger partial charge in [-0.3, -0.25) is 0 Å². The monoisotopic (exact) mass is 272 g/mol. The molecule has 1 aromatic carbocycles. The van der Waals surface area contributed by atoms with Crippen LogP contribution in [0.25, 0.3) is 0 Å². The van der Waals surface area contributed by atoms with E-state index in [-0.39, 0.29) is 6.61 Å². The maximum atomic E-state index is 8.88. The predicted molar refractivity (Wildman–Crippen MR) is 83.9 cm³/mol. The van der Waals surface area contributed by atoms with Crippen LogP contribution in [0.15, 0.2) is 42.7 Å². The fourth-order valence-electron chi connectivity index (χ4n) is 2.32. The zero-order chi connectivity index (χ0) is 14.2. The highest BCUT2D eigenvalue weighted by molar-refractivity contribution is 5.46. The number of aryl methyl sites for hydroxylation is 2. The molecule has 0 unspecified atom stereocenters. The van der Waals surface area contributed by atoms with E-state index in [0.29, 0.717) is 0 Å². The minimum atomic E-state index is 0.253. The van der Waals surface area contributed by atoms with Gasteiger partial charge in [-0.05, 0) is 48.6 Å². The largest absolute Gasteiger partial charge is 0.396 e. The Bertz CT molecular complexity index is 519. The first-order valence-electron chi connectivity index (χ1n) is 7.40. The summed E-state index contributed by atoms with van der Waals surface area (Å²) in [6, 6.07) is 10.6. The molecule has 0 bridgehead atoms. The minimum Gasteiger partial charge on any atom is -0.396 e. The number of nitrogens with one attached hydrogen (secondary N) is 1. The molecule has 0 saturated heterocycles. The molecule has 3 heteroatoms. The Hall–Kier alpha value is -1.74. The Morgan fingerprint density at radius 3 is 2.90 bits per heavy atom. The van der Waals surface area contributed by atoms with Gasteiger partial charge in [0.2, 0.25) is 0 Å². The lowest BCUT2D eigenvalue weighted by Gasteiger charge is -2.07. The zero-order valence-corrected chi connectivity index (χ0v) is 12.2. The average Bonchev–Trinajstić information content (AvgIpc) is 2.92. The first kappa shape index (κ1) is 14.7. The van der Waals surface area contributed by atoms with E-state index in [9.17, 15) is 0 Å². The summed E-state index contributed by atoms with van der Waals surface area (Å²) < 4.78 is 2.23. The molecular weight excluding hydrogens is 248 g/mol. The number of hydrogen-bond donors (Lipinski definition) is 2. The van der Waals surface area contributed by atoms with E-state index in [2.05, 4.69) is 59.5 Å². The van der Waals surface area contributed by atoms with E-state index in [1.807, 2.05) is 0 Å². The number of rotatable bonds is 8. The molecule has 0 fully saturated rings. The van der Waals surface area contributed by atoms with Crippen LogP contribution in [0.3, 0.4) is 0 Å². The summed E-state index contributed by atoms with van der Waals surface area (Å²) >= 11 is 0. The smallest absolute Gasteiger partial charge is 0.0434 e. The van der Waals surface area contributed by atoms with Crippen molar-refractivity contribution in [2.75, 3.05) is 11.9 Å². The van der Waals surface area contributed by atoms with Gasteiger partial charge in [-0.15, -0.1) is 0 Å². The Morgan fingerprint density at radius 2 is 2.10 bits per heavy atom. The maximum absolute atomic E-state index is 8.88. The summed E-state index contributed by atoms with van der Waals surface area (Å²) in [7, 11) is 0. The van der Waals surface area contributed by atoms with E-state index in [4.69, 9.17) is 5.11 Å². The second-order valence-electron chi connectivity index (χ2n) is 5.14. The molecule has 0 aliphatic heterocycles. The lowest BCUT2D eigenvalue weighted by molar-refractivity contribution is 0.288. The number of benzene rings is 1. The summed E-state index contributed by atoms with van der Waals surface area (Å²) in [4.78, 5) is 0. The third kappa shape index (κ3) is 4.42. The molecular formula is C17H24N2O. The highest BCUT2D eigenvalue weighted by atomic mass is 16.2. The standard InChI is InChI=1S/C17H24N2O/c1-2-9-19-10-8-16(14-19)13-18-17-7-3-5-15(12-17)6-4-11-20/h3,5,7-8,10,12,14,18,20H,2,4,6,9,11,13H2,1H3. The van der Waals surface area contributed by atoms with Crippen molar-refractivity contribution < 1.29 is 5.11 Å². The highest BCUT2D eigenvalue weighted by Gasteiger charge is 1.99. The molecule has 0 aliphatic rings. The van der Waals surface area contributed by atoms with Gasteiger partial charge in [0.1, 0.15) is 0 Å². The van der Waals surface area contributed by atoms with Crippen LogP contribution in [0.4, 0.5) is 5.69 Å². The molecule has 2 N–H and O–H groups in total. The molecule has 108 valence electrons. The van der Waals surface area contributed by atoms with Gasteiger partial charge in [0.25, 0.3) is 0 Å². The topological polar surface area (TPSA) is 37.2 Å². The molecule has 0 radical (unpaired) electrons. The van der Waals surface area contributed by atoms with Crippen LogP contribution >= 0.6 is 0 Å². The molecule has 0 saturated carbocycles. The number of hydrogen-bond acceptors (Lipinski definition) is 2. The van der Waals surface area contributed by atoms with E-state index >= 15 is 0 Å². The third-order valence-electron chi connectivity index (χ3n) is 3.34. The summed E-state index contributed by atoms with van der Waals surface area (Å²) in [5.41, 5.74) is 3.72. The predicted octanol–water partition coefficient (Wildman–Crippen LogP) is 3.44. The van der Waals surface area contributed by atoms with Crippen molar-refractivity contribution in [1.82, 2.24) is 4.57 Å². The summed E-state index contributed by atoms with van der Waals surface area (Å²) in [5.74, 6) is 0. The number of nitrogens with zero attached hydrogens (tertiary/aromatic N) is 1. The Kier molecular flexibility index (Phi) is 5.69. The maximum Gasteiger partial charge on any atom is 0.0434 e. The average molecular weight is 272 g/mol. The van der Waals surface area contributed by atoms with Crippen molar-refractivity contribution in [3.05, 3.63) is 53.9 Å². The van der Waals surface area contributed by atoms with Crippen molar-refractivity contribution >= 4 is 5.69 Å². The normalized spacial score (nSPS) is 10.7. The third-order valence-corrected chi connectivity index (χ3v) is 3.34. The summed E-state index contributed by atoms with van der Waals surface area (Å²) in [6.45, 7) is 4.37. The first-order valence-corrected chi connectivity index (χ1v) is 7.40. The van der Waals surface area contributed by atoms with Crippen molar-refractivity contribution in [3.63, 3.8) is 0 Å². The fraction of sp³-hybridized carbons (Fsp3) is 0.412. The number of aliphatic hydroxyl groups is 1. The lowest BCUT2D eigenvalue weighted by atomic mass is 10.1. The van der Waals surface area contributed by atoms with Crippen LogP contribution in [0.2, 0.25) is 0 Å². The number of anilines is 1. The van der Waals surface area contributed by atoms with Gasteiger partial charge >= 0.3 is 0 Å². The van der Waals surface area contributed by atoms with Crippen LogP contribution in [0.1, 0.15) is 30.9 Å². The second-order valence-corrected chi connectivity index (χ2v) is 5.14. The van der Waals surface area contributed by atoms with Crippen molar-refractivity contribution in [3.8, 4) is 0 Å². The first-order chi connectivity index (χ1) is 9.81. The van der Waals surface area contributed by atoms with E-state index in [1.54, 1.807) is 0 Å². The van der Waals surface area contributed by atoms with Gasteiger partial charge in [0.05, 0.1) is 0 Å². The van der Waals surface area contributed by atoms with Crippen molar-refractivity contribution in [2.24, 2.45) is 0 Å². The fourth-order valence-corrected chi connectivity index (χ4v) is 2.32. The van der Waals surface area contributed by atoms with Crippen molar-refractivity contribution in [1.29, 1.82) is 0 Å². The minimum absolute atomic E-state index is 0.253. The number of aliphatic hydroxyl groups excluding tert-OH is 1. The number of aromatic nitrogens is 1. The van der Waals surface area contributed by atoms with Crippen LogP contribution in [0.5, 0.6) is 0 Å².